The van der Waals surface area contributed by atoms with Gasteiger partial charge in [-0.25, -0.2) is 26.9 Å². The lowest BCUT2D eigenvalue weighted by atomic mass is 9.98. The molecule has 1 saturated heterocycles. The second-order valence-corrected chi connectivity index (χ2v) is 10.1. The van der Waals surface area contributed by atoms with Crippen molar-refractivity contribution < 1.29 is 17.6 Å². The number of halogens is 2. The molecule has 0 unspecified atom stereocenters. The zero-order valence-electron chi connectivity index (χ0n) is 18.7. The van der Waals surface area contributed by atoms with Crippen molar-refractivity contribution in [2.75, 3.05) is 18.8 Å². The Morgan fingerprint density at radius 1 is 1.06 bits per heavy atom. The molecule has 35 heavy (non-hydrogen) atoms. The normalized spacial score (nSPS) is 14.8. The summed E-state index contributed by atoms with van der Waals surface area (Å²) in [4.78, 5) is 19.3. The van der Waals surface area contributed by atoms with Gasteiger partial charge in [0.05, 0.1) is 23.8 Å². The monoisotopic (exact) mass is 520 g/mol. The van der Waals surface area contributed by atoms with Gasteiger partial charge in [-0.1, -0.05) is 36.4 Å². The zero-order valence-corrected chi connectivity index (χ0v) is 20.4. The minimum Gasteiger partial charge on any atom is -0.382 e. The lowest BCUT2D eigenvalue weighted by Crippen LogP contribution is -2.48. The summed E-state index contributed by atoms with van der Waals surface area (Å²) < 4.78 is 42.4. The molecule has 0 aliphatic carbocycles. The standard InChI is InChI=1S/C23H25FN6O3S.ClH/c24-20-3-1-2-18(15-4-6-16(7-5-15)21-12-28-22(25)13-27-21)19(20)14-34(32,33)30-10-8-17(9-11-30)29-23(26)31;/h1-7,12-13,17H,8-11,14H2,(H2,25,28)(H3,26,29,31);1H. The van der Waals surface area contributed by atoms with Crippen LogP contribution in [0.1, 0.15) is 18.4 Å². The van der Waals surface area contributed by atoms with Gasteiger partial charge < -0.3 is 16.8 Å². The van der Waals surface area contributed by atoms with E-state index < -0.39 is 27.6 Å². The van der Waals surface area contributed by atoms with Crippen molar-refractivity contribution in [1.82, 2.24) is 19.6 Å². The maximum absolute atomic E-state index is 14.8. The molecule has 12 heteroatoms. The molecular formula is C23H26ClFN6O3S. The predicted octanol–water partition coefficient (Wildman–Crippen LogP) is 2.92. The first-order valence-corrected chi connectivity index (χ1v) is 12.3. The molecule has 4 rings (SSSR count). The molecule has 3 aromatic rings. The van der Waals surface area contributed by atoms with Crippen molar-refractivity contribution in [2.45, 2.75) is 24.6 Å². The van der Waals surface area contributed by atoms with Gasteiger partial charge in [-0.05, 0) is 30.0 Å². The number of aromatic nitrogens is 2. The van der Waals surface area contributed by atoms with Gasteiger partial charge in [0.25, 0.3) is 0 Å². The Hall–Kier alpha value is -3.28. The first-order valence-electron chi connectivity index (χ1n) is 10.7. The number of carbonyl (C=O) groups excluding carboxylic acids is 1. The molecule has 0 bridgehead atoms. The zero-order chi connectivity index (χ0) is 24.3. The lowest BCUT2D eigenvalue weighted by molar-refractivity contribution is 0.235. The number of nitrogens with two attached hydrogens (primary N) is 2. The van der Waals surface area contributed by atoms with Gasteiger partial charge in [0.2, 0.25) is 10.0 Å². The Labute approximate surface area is 209 Å². The fourth-order valence-electron chi connectivity index (χ4n) is 4.04. The fourth-order valence-corrected chi connectivity index (χ4v) is 5.64. The number of piperidine rings is 1. The number of hydrogen-bond acceptors (Lipinski definition) is 6. The number of rotatable bonds is 6. The highest BCUT2D eigenvalue weighted by Gasteiger charge is 2.30. The SMILES string of the molecule is Cl.NC(=O)NC1CCN(S(=O)(=O)Cc2c(F)cccc2-c2ccc(-c3cnc(N)cn3)cc2)CC1. The summed E-state index contributed by atoms with van der Waals surface area (Å²) in [7, 11) is -3.78. The molecule has 2 heterocycles. The van der Waals surface area contributed by atoms with E-state index in [4.69, 9.17) is 11.5 Å². The number of carbonyl (C=O) groups is 1. The number of primary amides is 1. The number of benzene rings is 2. The van der Waals surface area contributed by atoms with Crippen LogP contribution in [0.25, 0.3) is 22.4 Å². The first-order chi connectivity index (χ1) is 16.2. The highest BCUT2D eigenvalue weighted by molar-refractivity contribution is 7.88. The van der Waals surface area contributed by atoms with Crippen LogP contribution >= 0.6 is 12.4 Å². The van der Waals surface area contributed by atoms with Gasteiger partial charge in [0.15, 0.2) is 0 Å². The van der Waals surface area contributed by atoms with Crippen LogP contribution < -0.4 is 16.8 Å². The summed E-state index contributed by atoms with van der Waals surface area (Å²) in [6.45, 7) is 0.461. The number of anilines is 1. The third-order valence-electron chi connectivity index (χ3n) is 5.80. The van der Waals surface area contributed by atoms with Crippen LogP contribution in [0, 0.1) is 5.82 Å². The van der Waals surface area contributed by atoms with Crippen LogP contribution in [-0.2, 0) is 15.8 Å². The minimum atomic E-state index is -3.78. The van der Waals surface area contributed by atoms with E-state index in [9.17, 15) is 17.6 Å². The topological polar surface area (TPSA) is 144 Å². The van der Waals surface area contributed by atoms with Crippen molar-refractivity contribution in [3.63, 3.8) is 0 Å². The van der Waals surface area contributed by atoms with E-state index in [-0.39, 0.29) is 37.1 Å². The van der Waals surface area contributed by atoms with Crippen LogP contribution in [0.3, 0.4) is 0 Å². The lowest BCUT2D eigenvalue weighted by Gasteiger charge is -2.31. The van der Waals surface area contributed by atoms with Crippen LogP contribution in [-0.4, -0.2) is 47.9 Å². The first kappa shape index (κ1) is 26.3. The Morgan fingerprint density at radius 3 is 2.31 bits per heavy atom. The highest BCUT2D eigenvalue weighted by Crippen LogP contribution is 2.30. The van der Waals surface area contributed by atoms with E-state index in [0.717, 1.165) is 5.56 Å². The highest BCUT2D eigenvalue weighted by atomic mass is 35.5. The summed E-state index contributed by atoms with van der Waals surface area (Å²) >= 11 is 0. The van der Waals surface area contributed by atoms with Gasteiger partial charge in [0.1, 0.15) is 11.6 Å². The Bertz CT molecular complexity index is 1280. The molecule has 186 valence electrons. The molecule has 1 aliphatic rings. The molecule has 9 nitrogen and oxygen atoms in total. The third kappa shape index (κ3) is 6.24. The van der Waals surface area contributed by atoms with Gasteiger partial charge in [-0.3, -0.25) is 4.98 Å². The summed E-state index contributed by atoms with van der Waals surface area (Å²) in [6, 6.07) is 10.9. The van der Waals surface area contributed by atoms with Gasteiger partial charge in [0, 0.05) is 30.3 Å². The van der Waals surface area contributed by atoms with E-state index in [2.05, 4.69) is 15.3 Å². The van der Waals surface area contributed by atoms with E-state index in [1.807, 2.05) is 12.1 Å². The number of urea groups is 1. The second-order valence-electron chi connectivity index (χ2n) is 8.11. The molecule has 5 N–H and O–H groups in total. The van der Waals surface area contributed by atoms with Crippen molar-refractivity contribution in [2.24, 2.45) is 5.73 Å². The van der Waals surface area contributed by atoms with Crippen molar-refractivity contribution in [3.8, 4) is 22.4 Å². The largest absolute Gasteiger partial charge is 0.382 e. The molecule has 0 atom stereocenters. The van der Waals surface area contributed by atoms with Gasteiger partial charge in [-0.15, -0.1) is 12.4 Å². The summed E-state index contributed by atoms with van der Waals surface area (Å²) in [5, 5.41) is 2.60. The Balaban J connectivity index is 0.00000342. The maximum atomic E-state index is 14.8. The van der Waals surface area contributed by atoms with Crippen LogP contribution in [0.15, 0.2) is 54.9 Å². The second kappa shape index (κ2) is 11.0. The molecular weight excluding hydrogens is 495 g/mol. The molecule has 2 aromatic carbocycles. The number of sulfonamides is 1. The molecule has 1 fully saturated rings. The average Bonchev–Trinajstić information content (AvgIpc) is 2.81. The maximum Gasteiger partial charge on any atom is 0.312 e. The number of nitrogen functional groups attached to an aromatic ring is 1. The number of amides is 2. The summed E-state index contributed by atoms with van der Waals surface area (Å²) in [5.74, 6) is -0.729. The predicted molar refractivity (Wildman–Crippen MR) is 134 cm³/mol. The molecule has 2 amide bonds. The summed E-state index contributed by atoms with van der Waals surface area (Å²) in [5.41, 5.74) is 13.5. The Morgan fingerprint density at radius 2 is 1.71 bits per heavy atom. The average molecular weight is 521 g/mol. The van der Waals surface area contributed by atoms with Crippen LogP contribution in [0.5, 0.6) is 0 Å². The van der Waals surface area contributed by atoms with E-state index in [1.54, 1.807) is 30.5 Å². The number of hydrogen-bond donors (Lipinski definition) is 3. The van der Waals surface area contributed by atoms with Gasteiger partial charge >= 0.3 is 6.03 Å². The summed E-state index contributed by atoms with van der Waals surface area (Å²) in [6.07, 6.45) is 3.92. The van der Waals surface area contributed by atoms with Crippen molar-refractivity contribution in [1.29, 1.82) is 0 Å². The number of nitrogens with zero attached hydrogens (tertiary/aromatic N) is 3. The van der Waals surface area contributed by atoms with Gasteiger partial charge in [-0.2, -0.15) is 0 Å². The van der Waals surface area contributed by atoms with E-state index >= 15 is 0 Å². The van der Waals surface area contributed by atoms with Crippen LogP contribution in [0.2, 0.25) is 0 Å². The molecule has 1 aliphatic heterocycles. The smallest absolute Gasteiger partial charge is 0.312 e. The third-order valence-corrected chi connectivity index (χ3v) is 7.61. The Kier molecular flexibility index (Phi) is 8.26. The van der Waals surface area contributed by atoms with E-state index in [1.165, 1.54) is 16.6 Å². The van der Waals surface area contributed by atoms with Crippen molar-refractivity contribution in [3.05, 3.63) is 66.2 Å². The number of nitrogens with one attached hydrogen (secondary N) is 1. The molecule has 0 spiro atoms. The fraction of sp³-hybridized carbons (Fsp3) is 0.261. The molecule has 0 saturated carbocycles. The van der Waals surface area contributed by atoms with Crippen molar-refractivity contribution >= 4 is 34.3 Å². The van der Waals surface area contributed by atoms with Crippen LogP contribution in [0.4, 0.5) is 15.0 Å². The minimum absolute atomic E-state index is 0. The molecule has 0 radical (unpaired) electrons. The quantitative estimate of drug-likeness (QED) is 0.455. The molecule has 1 aromatic heterocycles. The van der Waals surface area contributed by atoms with E-state index in [0.29, 0.717) is 35.5 Å².